The summed E-state index contributed by atoms with van der Waals surface area (Å²) in [5.41, 5.74) is 2.31. The summed E-state index contributed by atoms with van der Waals surface area (Å²) in [7, 11) is 0. The van der Waals surface area contributed by atoms with Crippen LogP contribution in [-0.2, 0) is 0 Å². The molecule has 0 unspecified atom stereocenters. The number of ether oxygens (including phenoxy) is 1. The molecule has 22 heavy (non-hydrogen) atoms. The zero-order valence-electron chi connectivity index (χ0n) is 11.7. The number of benzene rings is 2. The predicted octanol–water partition coefficient (Wildman–Crippen LogP) is 5.73. The zero-order chi connectivity index (χ0) is 15.9. The van der Waals surface area contributed by atoms with Gasteiger partial charge in [-0.2, -0.15) is 5.26 Å². The van der Waals surface area contributed by atoms with E-state index in [1.807, 2.05) is 36.4 Å². The van der Waals surface area contributed by atoms with Crippen molar-refractivity contribution in [2.75, 3.05) is 6.61 Å². The Balaban J connectivity index is 2.30. The van der Waals surface area contributed by atoms with Gasteiger partial charge in [0.05, 0.1) is 16.1 Å². The molecule has 0 aliphatic rings. The van der Waals surface area contributed by atoms with Crippen molar-refractivity contribution in [2.45, 2.75) is 0 Å². The smallest absolute Gasteiger partial charge is 0.133 e. The van der Waals surface area contributed by atoms with Gasteiger partial charge in [-0.15, -0.1) is 0 Å². The summed E-state index contributed by atoms with van der Waals surface area (Å²) in [4.78, 5) is 0. The van der Waals surface area contributed by atoms with Gasteiger partial charge in [-0.25, -0.2) is 0 Å². The van der Waals surface area contributed by atoms with Gasteiger partial charge in [-0.3, -0.25) is 0 Å². The standard InChI is InChI=1S/C18H13BrClNO/c1-2-9-22-18-8-3-13(11-17(18)19)10-15(12-21)14-4-6-16(20)7-5-14/h2-8,10-11H,1,9H2/b15-10-. The van der Waals surface area contributed by atoms with Crippen LogP contribution in [0.3, 0.4) is 0 Å². The van der Waals surface area contributed by atoms with Crippen molar-refractivity contribution >= 4 is 39.2 Å². The largest absolute Gasteiger partial charge is 0.488 e. The van der Waals surface area contributed by atoms with Gasteiger partial charge in [0.25, 0.3) is 0 Å². The molecule has 0 saturated carbocycles. The molecule has 0 amide bonds. The van der Waals surface area contributed by atoms with E-state index in [9.17, 15) is 5.26 Å². The second-order valence-corrected chi connectivity index (χ2v) is 5.76. The lowest BCUT2D eigenvalue weighted by molar-refractivity contribution is 0.361. The van der Waals surface area contributed by atoms with E-state index in [4.69, 9.17) is 16.3 Å². The van der Waals surface area contributed by atoms with E-state index in [2.05, 4.69) is 28.6 Å². The highest BCUT2D eigenvalue weighted by molar-refractivity contribution is 9.10. The highest BCUT2D eigenvalue weighted by atomic mass is 79.9. The third kappa shape index (κ3) is 4.24. The first-order chi connectivity index (χ1) is 10.6. The van der Waals surface area contributed by atoms with Crippen LogP contribution in [0.4, 0.5) is 0 Å². The Hall–Kier alpha value is -2.02. The number of hydrogen-bond acceptors (Lipinski definition) is 2. The van der Waals surface area contributed by atoms with Gasteiger partial charge < -0.3 is 4.74 Å². The Bertz CT molecular complexity index is 745. The summed E-state index contributed by atoms with van der Waals surface area (Å²) in [6, 6.07) is 15.1. The Kier molecular flexibility index (Phi) is 5.83. The molecule has 2 nitrogen and oxygen atoms in total. The van der Waals surface area contributed by atoms with Crippen LogP contribution in [0, 0.1) is 11.3 Å². The summed E-state index contributed by atoms with van der Waals surface area (Å²) in [6.45, 7) is 4.06. The molecule has 0 radical (unpaired) electrons. The van der Waals surface area contributed by atoms with Gasteiger partial charge in [-0.05, 0) is 57.4 Å². The topological polar surface area (TPSA) is 33.0 Å². The maximum Gasteiger partial charge on any atom is 0.133 e. The third-order valence-electron chi connectivity index (χ3n) is 2.90. The Morgan fingerprint density at radius 3 is 2.59 bits per heavy atom. The van der Waals surface area contributed by atoms with Crippen LogP contribution in [0.1, 0.15) is 11.1 Å². The van der Waals surface area contributed by atoms with E-state index in [0.717, 1.165) is 21.3 Å². The first-order valence-corrected chi connectivity index (χ1v) is 7.72. The normalized spacial score (nSPS) is 10.9. The van der Waals surface area contributed by atoms with E-state index >= 15 is 0 Å². The van der Waals surface area contributed by atoms with E-state index < -0.39 is 0 Å². The highest BCUT2D eigenvalue weighted by Gasteiger charge is 2.04. The number of rotatable bonds is 5. The van der Waals surface area contributed by atoms with Crippen LogP contribution in [-0.4, -0.2) is 6.61 Å². The fourth-order valence-electron chi connectivity index (χ4n) is 1.85. The van der Waals surface area contributed by atoms with Crippen molar-refractivity contribution in [3.63, 3.8) is 0 Å². The molecule has 0 bridgehead atoms. The second-order valence-electron chi connectivity index (χ2n) is 4.47. The summed E-state index contributed by atoms with van der Waals surface area (Å²) in [5, 5.41) is 10.00. The SMILES string of the molecule is C=CCOc1ccc(/C=C(/C#N)c2ccc(Cl)cc2)cc1Br. The molecule has 4 heteroatoms. The van der Waals surface area contributed by atoms with Crippen LogP contribution >= 0.6 is 27.5 Å². The zero-order valence-corrected chi connectivity index (χ0v) is 14.1. The molecule has 2 rings (SSSR count). The number of hydrogen-bond donors (Lipinski definition) is 0. The molecular weight excluding hydrogens is 362 g/mol. The fraction of sp³-hybridized carbons (Fsp3) is 0.0556. The molecule has 0 saturated heterocycles. The monoisotopic (exact) mass is 373 g/mol. The minimum absolute atomic E-state index is 0.446. The molecule has 0 spiro atoms. The number of allylic oxidation sites excluding steroid dienone is 1. The van der Waals surface area contributed by atoms with Crippen molar-refractivity contribution in [3.8, 4) is 11.8 Å². The second kappa shape index (κ2) is 7.84. The van der Waals surface area contributed by atoms with Crippen LogP contribution in [0.15, 0.2) is 59.6 Å². The Morgan fingerprint density at radius 2 is 2.00 bits per heavy atom. The minimum Gasteiger partial charge on any atom is -0.488 e. The number of nitrogens with zero attached hydrogens (tertiary/aromatic N) is 1. The maximum absolute atomic E-state index is 9.35. The van der Waals surface area contributed by atoms with Crippen molar-refractivity contribution < 1.29 is 4.74 Å². The lowest BCUT2D eigenvalue weighted by Gasteiger charge is -2.07. The lowest BCUT2D eigenvalue weighted by Crippen LogP contribution is -1.93. The van der Waals surface area contributed by atoms with Gasteiger partial charge in [0.1, 0.15) is 12.4 Å². The number of halogens is 2. The summed E-state index contributed by atoms with van der Waals surface area (Å²) < 4.78 is 6.33. The van der Waals surface area contributed by atoms with Crippen molar-refractivity contribution in [2.24, 2.45) is 0 Å². The Morgan fingerprint density at radius 1 is 1.27 bits per heavy atom. The summed E-state index contributed by atoms with van der Waals surface area (Å²) in [6.07, 6.45) is 3.51. The summed E-state index contributed by atoms with van der Waals surface area (Å²) in [5.74, 6) is 0.738. The van der Waals surface area contributed by atoms with Crippen LogP contribution < -0.4 is 4.74 Å². The predicted molar refractivity (Wildman–Crippen MR) is 94.8 cm³/mol. The molecule has 2 aromatic rings. The van der Waals surface area contributed by atoms with Crippen LogP contribution in [0.2, 0.25) is 5.02 Å². The number of nitriles is 1. The summed E-state index contributed by atoms with van der Waals surface area (Å²) >= 11 is 9.34. The minimum atomic E-state index is 0.446. The van der Waals surface area contributed by atoms with Crippen LogP contribution in [0.25, 0.3) is 11.6 Å². The molecule has 2 aromatic carbocycles. The van der Waals surface area contributed by atoms with Crippen LogP contribution in [0.5, 0.6) is 5.75 Å². The van der Waals surface area contributed by atoms with Crippen molar-refractivity contribution in [1.29, 1.82) is 5.26 Å². The van der Waals surface area contributed by atoms with E-state index in [1.54, 1.807) is 18.2 Å². The average Bonchev–Trinajstić information content (AvgIpc) is 2.53. The molecule has 0 fully saturated rings. The third-order valence-corrected chi connectivity index (χ3v) is 3.77. The highest BCUT2D eigenvalue weighted by Crippen LogP contribution is 2.28. The molecule has 0 heterocycles. The molecular formula is C18H13BrClNO. The van der Waals surface area contributed by atoms with Gasteiger partial charge in [0, 0.05) is 5.02 Å². The van der Waals surface area contributed by atoms with E-state index in [0.29, 0.717) is 17.2 Å². The molecule has 0 aromatic heterocycles. The molecule has 0 atom stereocenters. The van der Waals surface area contributed by atoms with Gasteiger partial charge in [0.2, 0.25) is 0 Å². The average molecular weight is 375 g/mol. The van der Waals surface area contributed by atoms with Gasteiger partial charge in [-0.1, -0.05) is 42.5 Å². The molecule has 110 valence electrons. The first-order valence-electron chi connectivity index (χ1n) is 6.55. The first kappa shape index (κ1) is 16.4. The van der Waals surface area contributed by atoms with Crippen molar-refractivity contribution in [1.82, 2.24) is 0 Å². The lowest BCUT2D eigenvalue weighted by atomic mass is 10.0. The van der Waals surface area contributed by atoms with Gasteiger partial charge >= 0.3 is 0 Å². The molecule has 0 aliphatic heterocycles. The van der Waals surface area contributed by atoms with E-state index in [-0.39, 0.29) is 0 Å². The van der Waals surface area contributed by atoms with E-state index in [1.165, 1.54) is 0 Å². The van der Waals surface area contributed by atoms with Gasteiger partial charge in [0.15, 0.2) is 0 Å². The Labute approximate surface area is 143 Å². The van der Waals surface area contributed by atoms with Crippen molar-refractivity contribution in [3.05, 3.63) is 75.7 Å². The maximum atomic E-state index is 9.35. The quantitative estimate of drug-likeness (QED) is 0.380. The molecule has 0 N–H and O–H groups in total. The molecule has 0 aliphatic carbocycles. The fourth-order valence-corrected chi connectivity index (χ4v) is 2.49.